The number of aromatic nitrogens is 3. The van der Waals surface area contributed by atoms with E-state index in [2.05, 4.69) is 20.3 Å². The molecule has 0 radical (unpaired) electrons. The van der Waals surface area contributed by atoms with E-state index in [-0.39, 0.29) is 16.7 Å². The van der Waals surface area contributed by atoms with Gasteiger partial charge in [-0.1, -0.05) is 18.2 Å². The normalized spacial score (nSPS) is 11.9. The van der Waals surface area contributed by atoms with Gasteiger partial charge in [-0.15, -0.1) is 0 Å². The summed E-state index contributed by atoms with van der Waals surface area (Å²) in [6.07, 6.45) is 3.13. The third-order valence-electron chi connectivity index (χ3n) is 5.76. The second-order valence-corrected chi connectivity index (χ2v) is 9.66. The molecule has 0 saturated carbocycles. The number of ether oxygens (including phenoxy) is 2. The van der Waals surface area contributed by atoms with Crippen molar-refractivity contribution in [3.05, 3.63) is 89.6 Å². The highest BCUT2D eigenvalue weighted by Gasteiger charge is 2.19. The second-order valence-electron chi connectivity index (χ2n) is 8.29. The fraction of sp³-hybridized carbons (Fsp3) is 0.148. The topological polar surface area (TPSA) is 119 Å². The highest BCUT2D eigenvalue weighted by Crippen LogP contribution is 2.34. The molecule has 3 heterocycles. The van der Waals surface area contributed by atoms with Crippen LogP contribution >= 0.6 is 0 Å². The van der Waals surface area contributed by atoms with E-state index in [1.807, 2.05) is 32.0 Å². The summed E-state index contributed by atoms with van der Waals surface area (Å²) in [5.74, 6) is 1.59. The Balaban J connectivity index is 1.48. The molecule has 0 bridgehead atoms. The Hall–Kier alpha value is -4.44. The van der Waals surface area contributed by atoms with Gasteiger partial charge in [0.1, 0.15) is 11.5 Å². The van der Waals surface area contributed by atoms with Crippen molar-refractivity contribution in [2.45, 2.75) is 24.8 Å². The first kappa shape index (κ1) is 24.3. The Morgan fingerprint density at radius 2 is 1.95 bits per heavy atom. The number of H-pyrrole nitrogens is 1. The number of aromatic amines is 1. The standard InChI is InChI=1S/C27H24N4O5S/c1-16-14-28-22(17(2)25(16)34-3)15-37(33)27-30-19-12-21(29-26(32)23-10-7-11-35-23)24(13-20(19)31-27)36-18-8-5-4-6-9-18/h4-14H,15H2,1-3H3,(H,29,32)(H,30,31). The second kappa shape index (κ2) is 10.3. The molecule has 3 aromatic heterocycles. The van der Waals surface area contributed by atoms with E-state index >= 15 is 0 Å². The van der Waals surface area contributed by atoms with Crippen LogP contribution in [0.4, 0.5) is 5.69 Å². The summed E-state index contributed by atoms with van der Waals surface area (Å²) in [5, 5.41) is 3.11. The number of carbonyl (C=O) groups excluding carboxylic acids is 1. The zero-order valence-electron chi connectivity index (χ0n) is 20.4. The lowest BCUT2D eigenvalue weighted by atomic mass is 10.1. The first-order valence-corrected chi connectivity index (χ1v) is 12.7. The Bertz CT molecular complexity index is 1600. The minimum absolute atomic E-state index is 0.161. The van der Waals surface area contributed by atoms with Crippen molar-refractivity contribution in [2.75, 3.05) is 12.4 Å². The van der Waals surface area contributed by atoms with Gasteiger partial charge < -0.3 is 24.2 Å². The molecule has 37 heavy (non-hydrogen) atoms. The summed E-state index contributed by atoms with van der Waals surface area (Å²) in [6, 6.07) is 15.8. The molecule has 1 atom stereocenters. The van der Waals surface area contributed by atoms with E-state index in [1.165, 1.54) is 6.26 Å². The number of nitrogens with one attached hydrogen (secondary N) is 2. The van der Waals surface area contributed by atoms with Gasteiger partial charge in [-0.25, -0.2) is 4.98 Å². The van der Waals surface area contributed by atoms with Crippen molar-refractivity contribution in [1.29, 1.82) is 0 Å². The highest BCUT2D eigenvalue weighted by molar-refractivity contribution is 7.84. The molecule has 0 spiro atoms. The first-order valence-electron chi connectivity index (χ1n) is 11.4. The van der Waals surface area contributed by atoms with E-state index in [0.717, 1.165) is 16.9 Å². The van der Waals surface area contributed by atoms with Crippen molar-refractivity contribution in [3.8, 4) is 17.2 Å². The maximum atomic E-state index is 13.2. The highest BCUT2D eigenvalue weighted by atomic mass is 32.2. The Labute approximate surface area is 215 Å². The molecule has 5 rings (SSSR count). The van der Waals surface area contributed by atoms with Gasteiger partial charge >= 0.3 is 0 Å². The summed E-state index contributed by atoms with van der Waals surface area (Å²) in [4.78, 5) is 24.8. The molecule has 9 nitrogen and oxygen atoms in total. The molecular weight excluding hydrogens is 492 g/mol. The summed E-state index contributed by atoms with van der Waals surface area (Å²) < 4.78 is 30.0. The van der Waals surface area contributed by atoms with Gasteiger partial charge in [0.25, 0.3) is 5.91 Å². The number of nitrogens with zero attached hydrogens (tertiary/aromatic N) is 2. The average Bonchev–Trinajstić information content (AvgIpc) is 3.57. The average molecular weight is 517 g/mol. The molecule has 0 aliphatic rings. The number of fused-ring (bicyclic) bond motifs is 1. The van der Waals surface area contributed by atoms with E-state index < -0.39 is 16.7 Å². The Morgan fingerprint density at radius 1 is 1.14 bits per heavy atom. The van der Waals surface area contributed by atoms with Gasteiger partial charge in [0.2, 0.25) is 0 Å². The Morgan fingerprint density at radius 3 is 2.68 bits per heavy atom. The largest absolute Gasteiger partial charge is 0.496 e. The van der Waals surface area contributed by atoms with Crippen LogP contribution < -0.4 is 14.8 Å². The SMILES string of the molecule is COc1c(C)cnc(CS(=O)c2nc3cc(Oc4ccccc4)c(NC(=O)c4ccco4)cc3[nH]2)c1C. The van der Waals surface area contributed by atoms with Gasteiger partial charge in [0, 0.05) is 23.4 Å². The van der Waals surface area contributed by atoms with Crippen molar-refractivity contribution in [3.63, 3.8) is 0 Å². The Kier molecular flexibility index (Phi) is 6.74. The number of imidazole rings is 1. The monoisotopic (exact) mass is 516 g/mol. The lowest BCUT2D eigenvalue weighted by Crippen LogP contribution is -2.11. The van der Waals surface area contributed by atoms with E-state index in [9.17, 15) is 9.00 Å². The predicted molar refractivity (Wildman–Crippen MR) is 140 cm³/mol. The molecule has 1 unspecified atom stereocenters. The molecule has 0 aliphatic heterocycles. The number of benzene rings is 2. The maximum Gasteiger partial charge on any atom is 0.291 e. The van der Waals surface area contributed by atoms with E-state index in [4.69, 9.17) is 13.9 Å². The number of pyridine rings is 1. The maximum absolute atomic E-state index is 13.2. The fourth-order valence-corrected chi connectivity index (χ4v) is 5.02. The third kappa shape index (κ3) is 5.10. The van der Waals surface area contributed by atoms with Crippen LogP contribution in [0, 0.1) is 13.8 Å². The zero-order valence-corrected chi connectivity index (χ0v) is 21.2. The third-order valence-corrected chi connectivity index (χ3v) is 6.92. The van der Waals surface area contributed by atoms with Crippen LogP contribution in [0.25, 0.3) is 11.0 Å². The number of methoxy groups -OCH3 is 1. The van der Waals surface area contributed by atoms with Crippen LogP contribution in [0.3, 0.4) is 0 Å². The number of amides is 1. The molecule has 2 N–H and O–H groups in total. The van der Waals surface area contributed by atoms with Crippen LogP contribution in [-0.2, 0) is 16.6 Å². The van der Waals surface area contributed by atoms with Gasteiger partial charge in [0.05, 0.1) is 52.3 Å². The minimum atomic E-state index is -1.51. The quantitative estimate of drug-likeness (QED) is 0.278. The van der Waals surface area contributed by atoms with Crippen molar-refractivity contribution in [1.82, 2.24) is 15.0 Å². The van der Waals surface area contributed by atoms with Crippen LogP contribution in [-0.4, -0.2) is 32.2 Å². The minimum Gasteiger partial charge on any atom is -0.496 e. The fourth-order valence-electron chi connectivity index (χ4n) is 3.92. The summed E-state index contributed by atoms with van der Waals surface area (Å²) in [7, 11) is 0.0956. The zero-order chi connectivity index (χ0) is 25.9. The molecule has 0 saturated heterocycles. The summed E-state index contributed by atoms with van der Waals surface area (Å²) in [5.41, 5.74) is 3.95. The molecule has 0 aliphatic carbocycles. The van der Waals surface area contributed by atoms with Crippen LogP contribution in [0.1, 0.15) is 27.4 Å². The van der Waals surface area contributed by atoms with Gasteiger partial charge in [-0.05, 0) is 44.2 Å². The van der Waals surface area contributed by atoms with E-state index in [0.29, 0.717) is 33.9 Å². The van der Waals surface area contributed by atoms with Gasteiger partial charge in [-0.2, -0.15) is 0 Å². The number of rotatable bonds is 8. The molecule has 1 amide bonds. The molecule has 2 aromatic carbocycles. The molecule has 10 heteroatoms. The first-order chi connectivity index (χ1) is 17.9. The smallest absolute Gasteiger partial charge is 0.291 e. The van der Waals surface area contributed by atoms with Crippen LogP contribution in [0.2, 0.25) is 0 Å². The summed E-state index contributed by atoms with van der Waals surface area (Å²) in [6.45, 7) is 3.81. The number of hydrogen-bond donors (Lipinski definition) is 2. The summed E-state index contributed by atoms with van der Waals surface area (Å²) >= 11 is 0. The number of carbonyl (C=O) groups is 1. The van der Waals surface area contributed by atoms with Crippen LogP contribution in [0.15, 0.2) is 76.6 Å². The van der Waals surface area contributed by atoms with Gasteiger partial charge in [-0.3, -0.25) is 14.0 Å². The predicted octanol–water partition coefficient (Wildman–Crippen LogP) is 5.53. The molecule has 0 fully saturated rings. The van der Waals surface area contributed by atoms with Crippen LogP contribution in [0.5, 0.6) is 17.2 Å². The van der Waals surface area contributed by atoms with Crippen molar-refractivity contribution >= 4 is 33.4 Å². The lowest BCUT2D eigenvalue weighted by Gasteiger charge is -2.12. The molecule has 188 valence electrons. The molecule has 5 aromatic rings. The van der Waals surface area contributed by atoms with E-state index in [1.54, 1.807) is 49.7 Å². The lowest BCUT2D eigenvalue weighted by molar-refractivity contribution is 0.0996. The van der Waals surface area contributed by atoms with Crippen molar-refractivity contribution < 1.29 is 22.9 Å². The number of furan rings is 1. The molecular formula is C27H24N4O5S. The van der Waals surface area contributed by atoms with Gasteiger partial charge in [0.15, 0.2) is 16.7 Å². The number of hydrogen-bond acceptors (Lipinski definition) is 7. The van der Waals surface area contributed by atoms with Crippen molar-refractivity contribution in [2.24, 2.45) is 0 Å². The number of para-hydroxylation sites is 1. The number of anilines is 1. The number of aryl methyl sites for hydroxylation is 1.